The number of allylic oxidation sites excluding steroid dienone is 8. The molecule has 0 heterocycles. The van der Waals surface area contributed by atoms with Gasteiger partial charge < -0.3 is 20.4 Å². The standard InChI is InChI=1S/4C5H5F3O2.Ce/c4*1-3(9)2-4(10)5(6,7)8;/h4*2,9H,1H3;/b4*3-2+;. The maximum absolute atomic E-state index is 11.3. The molecule has 0 fully saturated rings. The minimum atomic E-state index is -4.88. The maximum atomic E-state index is 11.3. The van der Waals surface area contributed by atoms with E-state index in [2.05, 4.69) is 0 Å². The Morgan fingerprint density at radius 3 is 0.512 bits per heavy atom. The van der Waals surface area contributed by atoms with Crippen LogP contribution in [-0.4, -0.2) is 68.3 Å². The van der Waals surface area contributed by atoms with Crippen LogP contribution >= 0.6 is 0 Å². The summed E-state index contributed by atoms with van der Waals surface area (Å²) >= 11 is 0. The molecule has 0 rings (SSSR count). The minimum Gasteiger partial charge on any atom is -0.512 e. The van der Waals surface area contributed by atoms with Crippen molar-refractivity contribution in [1.29, 1.82) is 0 Å². The van der Waals surface area contributed by atoms with Crippen LogP contribution in [0.15, 0.2) is 47.3 Å². The van der Waals surface area contributed by atoms with Crippen molar-refractivity contribution in [3.63, 3.8) is 0 Å². The molecule has 0 aromatic heterocycles. The van der Waals surface area contributed by atoms with E-state index >= 15 is 0 Å². The van der Waals surface area contributed by atoms with Crippen LogP contribution in [0.3, 0.4) is 0 Å². The van der Waals surface area contributed by atoms with Gasteiger partial charge in [0.05, 0.1) is 23.0 Å². The molecule has 41 heavy (non-hydrogen) atoms. The van der Waals surface area contributed by atoms with Crippen LogP contribution in [0, 0.1) is 41.7 Å². The van der Waals surface area contributed by atoms with Crippen molar-refractivity contribution >= 4 is 23.1 Å². The summed E-state index contributed by atoms with van der Waals surface area (Å²) in [5.74, 6) is -10.8. The zero-order valence-corrected chi connectivity index (χ0v) is 23.9. The molecule has 0 unspecified atom stereocenters. The number of aliphatic hydroxyl groups is 4. The first-order valence-corrected chi connectivity index (χ1v) is 9.29. The van der Waals surface area contributed by atoms with Gasteiger partial charge in [-0.15, -0.1) is 0 Å². The van der Waals surface area contributed by atoms with E-state index in [1.54, 1.807) is 0 Å². The number of aliphatic hydroxyl groups excluding tert-OH is 4. The fourth-order valence-electron chi connectivity index (χ4n) is 1.09. The van der Waals surface area contributed by atoms with E-state index in [0.29, 0.717) is 0 Å². The molecule has 0 aliphatic carbocycles. The van der Waals surface area contributed by atoms with Crippen molar-refractivity contribution in [1.82, 2.24) is 0 Å². The van der Waals surface area contributed by atoms with Gasteiger partial charge in [0.15, 0.2) is 0 Å². The van der Waals surface area contributed by atoms with E-state index in [4.69, 9.17) is 20.4 Å². The summed E-state index contributed by atoms with van der Waals surface area (Å²) in [5, 5.41) is 32.9. The van der Waals surface area contributed by atoms with Crippen molar-refractivity contribution in [2.45, 2.75) is 52.4 Å². The Bertz CT molecular complexity index is 824. The summed E-state index contributed by atoms with van der Waals surface area (Å²) in [5.41, 5.74) is 0. The van der Waals surface area contributed by atoms with Crippen LogP contribution in [0.2, 0.25) is 0 Å². The molecular formula is C20H20CeF12O8. The molecule has 4 N–H and O–H groups in total. The monoisotopic (exact) mass is 756 g/mol. The SMILES string of the molecule is C/C(O)=C\C(=O)C(F)(F)F.C/C(O)=C\C(=O)C(F)(F)F.C/C(O)=C\C(=O)C(F)(F)F.C/C(O)=C\C(=O)C(F)(F)F.[Ce]. The van der Waals surface area contributed by atoms with Crippen molar-refractivity contribution in [3.8, 4) is 0 Å². The first-order chi connectivity index (χ1) is 17.3. The van der Waals surface area contributed by atoms with Gasteiger partial charge in [0.2, 0.25) is 0 Å². The average Bonchev–Trinajstić information content (AvgIpc) is 2.64. The molecule has 0 radical (unpaired) electrons. The predicted molar refractivity (Wildman–Crippen MR) is 110 cm³/mol. The normalized spacial score (nSPS) is 13.1. The van der Waals surface area contributed by atoms with Gasteiger partial charge in [-0.25, -0.2) is 0 Å². The average molecular weight is 756 g/mol. The van der Waals surface area contributed by atoms with E-state index in [1.165, 1.54) is 0 Å². The van der Waals surface area contributed by atoms with Crippen molar-refractivity contribution in [2.24, 2.45) is 0 Å². The second-order valence-corrected chi connectivity index (χ2v) is 6.59. The molecule has 0 bridgehead atoms. The topological polar surface area (TPSA) is 149 Å². The molecule has 0 aliphatic heterocycles. The van der Waals surface area contributed by atoms with Crippen LogP contribution in [0.25, 0.3) is 0 Å². The molecule has 0 spiro atoms. The number of rotatable bonds is 4. The Morgan fingerprint density at radius 2 is 0.488 bits per heavy atom. The van der Waals surface area contributed by atoms with Crippen molar-refractivity contribution < 1.29 is 134 Å². The van der Waals surface area contributed by atoms with Crippen LogP contribution < -0.4 is 0 Å². The van der Waals surface area contributed by atoms with Crippen LogP contribution in [-0.2, 0) is 19.2 Å². The number of carbonyl (C=O) groups is 4. The molecule has 0 aliphatic rings. The van der Waals surface area contributed by atoms with Gasteiger partial charge in [0.1, 0.15) is 0 Å². The third-order valence-electron chi connectivity index (χ3n) is 2.48. The fraction of sp³-hybridized carbons (Fsp3) is 0.400. The van der Waals surface area contributed by atoms with Crippen LogP contribution in [0.5, 0.6) is 0 Å². The van der Waals surface area contributed by atoms with Gasteiger partial charge in [-0.2, -0.15) is 52.7 Å². The maximum Gasteiger partial charge on any atom is 0.454 e. The number of alkyl halides is 12. The number of hydrogen-bond acceptors (Lipinski definition) is 8. The summed E-state index contributed by atoms with van der Waals surface area (Å²) < 4.78 is 136. The van der Waals surface area contributed by atoms with Gasteiger partial charge in [0, 0.05) is 66.1 Å². The first kappa shape index (κ1) is 48.1. The zero-order chi connectivity index (χ0) is 33.4. The second kappa shape index (κ2) is 20.3. The van der Waals surface area contributed by atoms with Crippen LogP contribution in [0.4, 0.5) is 52.7 Å². The summed E-state index contributed by atoms with van der Waals surface area (Å²) in [6.45, 7) is 3.96. The Balaban J connectivity index is -0.000000139. The molecule has 0 saturated carbocycles. The summed E-state index contributed by atoms with van der Waals surface area (Å²) in [6, 6.07) is 0. The molecule has 0 amide bonds. The molecule has 236 valence electrons. The quantitative estimate of drug-likeness (QED) is 0.148. The fourth-order valence-corrected chi connectivity index (χ4v) is 1.09. The van der Waals surface area contributed by atoms with Gasteiger partial charge in [-0.1, -0.05) is 0 Å². The van der Waals surface area contributed by atoms with E-state index < -0.39 is 70.9 Å². The number of halogens is 12. The number of ketones is 4. The number of hydrogen-bond donors (Lipinski definition) is 4. The van der Waals surface area contributed by atoms with Crippen molar-refractivity contribution in [3.05, 3.63) is 47.3 Å². The smallest absolute Gasteiger partial charge is 0.454 e. The summed E-state index contributed by atoms with van der Waals surface area (Å²) in [7, 11) is 0. The van der Waals surface area contributed by atoms with Gasteiger partial charge in [0.25, 0.3) is 23.1 Å². The Kier molecular flexibility index (Phi) is 23.8. The van der Waals surface area contributed by atoms with Gasteiger partial charge >= 0.3 is 24.7 Å². The van der Waals surface area contributed by atoms with E-state index in [9.17, 15) is 71.9 Å². The second-order valence-electron chi connectivity index (χ2n) is 6.59. The molecule has 0 aromatic carbocycles. The van der Waals surface area contributed by atoms with E-state index in [1.807, 2.05) is 0 Å². The Labute approximate surface area is 256 Å². The predicted octanol–water partition coefficient (Wildman–Crippen LogP) is 6.32. The third-order valence-corrected chi connectivity index (χ3v) is 2.48. The van der Waals surface area contributed by atoms with Gasteiger partial charge in [-0.05, 0) is 27.7 Å². The van der Waals surface area contributed by atoms with Gasteiger partial charge in [-0.3, -0.25) is 19.2 Å². The summed E-state index contributed by atoms with van der Waals surface area (Å²) in [6.07, 6.45) is -19.0. The summed E-state index contributed by atoms with van der Waals surface area (Å²) in [4.78, 5) is 39.7. The largest absolute Gasteiger partial charge is 0.512 e. The Hall–Kier alpha value is -2.62. The molecule has 21 heteroatoms. The zero-order valence-electron chi connectivity index (χ0n) is 20.8. The minimum absolute atomic E-state index is 0. The molecular weight excluding hydrogens is 736 g/mol. The van der Waals surface area contributed by atoms with Crippen LogP contribution in [0.1, 0.15) is 27.7 Å². The van der Waals surface area contributed by atoms with E-state index in [0.717, 1.165) is 27.7 Å². The first-order valence-electron chi connectivity index (χ1n) is 9.29. The molecule has 0 atom stereocenters. The third kappa shape index (κ3) is 33.5. The number of carbonyl (C=O) groups excluding carboxylic acids is 4. The molecule has 0 aromatic rings. The molecule has 0 saturated heterocycles. The van der Waals surface area contributed by atoms with Crippen molar-refractivity contribution in [2.75, 3.05) is 0 Å². The molecule has 8 nitrogen and oxygen atoms in total. The van der Waals surface area contributed by atoms with E-state index in [-0.39, 0.29) is 66.1 Å². The Morgan fingerprint density at radius 1 is 0.390 bits per heavy atom.